The van der Waals surface area contributed by atoms with Crippen LogP contribution in [-0.2, 0) is 23.0 Å². The number of aromatic nitrogens is 2. The van der Waals surface area contributed by atoms with Crippen LogP contribution in [0.25, 0.3) is 11.5 Å². The van der Waals surface area contributed by atoms with Crippen molar-refractivity contribution in [2.75, 3.05) is 12.9 Å². The molecule has 3 rings (SSSR count). The fourth-order valence-electron chi connectivity index (χ4n) is 2.34. The van der Waals surface area contributed by atoms with Crippen molar-refractivity contribution in [3.05, 3.63) is 66.1 Å². The maximum atomic E-state index is 12.1. The number of hydrogen-bond acceptors (Lipinski definition) is 6. The van der Waals surface area contributed by atoms with E-state index in [0.29, 0.717) is 23.6 Å². The first-order valence-electron chi connectivity index (χ1n) is 8.04. The molecule has 1 heterocycles. The molecule has 0 unspecified atom stereocenters. The van der Waals surface area contributed by atoms with Gasteiger partial charge in [-0.05, 0) is 30.2 Å². The van der Waals surface area contributed by atoms with E-state index >= 15 is 0 Å². The van der Waals surface area contributed by atoms with Gasteiger partial charge in [0.05, 0.1) is 19.4 Å². The van der Waals surface area contributed by atoms with Crippen LogP contribution >= 0.6 is 0 Å². The molecule has 0 spiro atoms. The molecule has 26 heavy (non-hydrogen) atoms. The Hall–Kier alpha value is -2.71. The highest BCUT2D eigenvalue weighted by atomic mass is 32.2. The standard InChI is InChI=1S/C18H19N3O4S/c1-24-16-9-5-8-15(12-16)18-21-20-17(25-18)13-19-26(22,23)11-10-14-6-3-2-4-7-14/h2-9,12,19H,10-11,13H2,1H3. The van der Waals surface area contributed by atoms with Gasteiger partial charge < -0.3 is 9.15 Å². The molecule has 2 aromatic carbocycles. The first kappa shape index (κ1) is 18.1. The third-order valence-electron chi connectivity index (χ3n) is 3.73. The Labute approximate surface area is 152 Å². The molecule has 0 radical (unpaired) electrons. The summed E-state index contributed by atoms with van der Waals surface area (Å²) < 4.78 is 37.4. The summed E-state index contributed by atoms with van der Waals surface area (Å²) in [5.74, 6) is 1.17. The van der Waals surface area contributed by atoms with Crippen LogP contribution < -0.4 is 9.46 Å². The minimum atomic E-state index is -3.44. The molecule has 3 aromatic rings. The van der Waals surface area contributed by atoms with Gasteiger partial charge in [0.15, 0.2) is 0 Å². The average Bonchev–Trinajstić information content (AvgIpc) is 3.15. The molecule has 8 heteroatoms. The van der Waals surface area contributed by atoms with Gasteiger partial charge >= 0.3 is 0 Å². The van der Waals surface area contributed by atoms with Crippen molar-refractivity contribution in [3.8, 4) is 17.2 Å². The van der Waals surface area contributed by atoms with E-state index in [2.05, 4.69) is 14.9 Å². The first-order chi connectivity index (χ1) is 12.6. The number of ether oxygens (including phenoxy) is 1. The average molecular weight is 373 g/mol. The van der Waals surface area contributed by atoms with Gasteiger partial charge in [0.1, 0.15) is 5.75 Å². The molecule has 1 N–H and O–H groups in total. The maximum Gasteiger partial charge on any atom is 0.247 e. The van der Waals surface area contributed by atoms with E-state index in [0.717, 1.165) is 5.56 Å². The van der Waals surface area contributed by atoms with E-state index in [1.165, 1.54) is 0 Å². The SMILES string of the molecule is COc1cccc(-c2nnc(CNS(=O)(=O)CCc3ccccc3)o2)c1. The van der Waals surface area contributed by atoms with Crippen LogP contribution in [-0.4, -0.2) is 31.5 Å². The first-order valence-corrected chi connectivity index (χ1v) is 9.69. The summed E-state index contributed by atoms with van der Waals surface area (Å²) >= 11 is 0. The van der Waals surface area contributed by atoms with Gasteiger partial charge in [0, 0.05) is 5.56 Å². The Bertz CT molecular complexity index is 955. The highest BCUT2D eigenvalue weighted by Crippen LogP contribution is 2.22. The van der Waals surface area contributed by atoms with Crippen LogP contribution in [0.5, 0.6) is 5.75 Å². The predicted molar refractivity (Wildman–Crippen MR) is 97.1 cm³/mol. The van der Waals surface area contributed by atoms with E-state index in [4.69, 9.17) is 9.15 Å². The Kier molecular flexibility index (Phi) is 5.65. The second-order valence-electron chi connectivity index (χ2n) is 5.61. The molecular formula is C18H19N3O4S. The zero-order valence-corrected chi connectivity index (χ0v) is 15.1. The molecule has 0 saturated carbocycles. The Morgan fingerprint density at radius 3 is 2.65 bits per heavy atom. The third-order valence-corrected chi connectivity index (χ3v) is 5.05. The summed E-state index contributed by atoms with van der Waals surface area (Å²) in [6.45, 7) is -0.0475. The third kappa shape index (κ3) is 4.90. The van der Waals surface area contributed by atoms with Crippen LogP contribution in [0.15, 0.2) is 59.0 Å². The van der Waals surface area contributed by atoms with Gasteiger partial charge in [0.25, 0.3) is 0 Å². The highest BCUT2D eigenvalue weighted by Gasteiger charge is 2.14. The lowest BCUT2D eigenvalue weighted by atomic mass is 10.2. The lowest BCUT2D eigenvalue weighted by Crippen LogP contribution is -2.27. The number of rotatable bonds is 8. The largest absolute Gasteiger partial charge is 0.497 e. The summed E-state index contributed by atoms with van der Waals surface area (Å²) in [5, 5.41) is 7.83. The predicted octanol–water partition coefficient (Wildman–Crippen LogP) is 2.41. The van der Waals surface area contributed by atoms with Crippen LogP contribution in [0.1, 0.15) is 11.5 Å². The fourth-order valence-corrected chi connectivity index (χ4v) is 3.33. The topological polar surface area (TPSA) is 94.3 Å². The lowest BCUT2D eigenvalue weighted by molar-refractivity contribution is 0.414. The molecule has 136 valence electrons. The van der Waals surface area contributed by atoms with Crippen molar-refractivity contribution in [1.29, 1.82) is 0 Å². The summed E-state index contributed by atoms with van der Waals surface area (Å²) in [4.78, 5) is 0. The van der Waals surface area contributed by atoms with E-state index in [9.17, 15) is 8.42 Å². The summed E-state index contributed by atoms with van der Waals surface area (Å²) in [6.07, 6.45) is 0.440. The molecule has 0 amide bonds. The Morgan fingerprint density at radius 1 is 1.08 bits per heavy atom. The second kappa shape index (κ2) is 8.11. The highest BCUT2D eigenvalue weighted by molar-refractivity contribution is 7.89. The molecule has 7 nitrogen and oxygen atoms in total. The number of sulfonamides is 1. The van der Waals surface area contributed by atoms with Crippen molar-refractivity contribution in [3.63, 3.8) is 0 Å². The fraction of sp³-hybridized carbons (Fsp3) is 0.222. The van der Waals surface area contributed by atoms with Gasteiger partial charge in [-0.3, -0.25) is 0 Å². The summed E-state index contributed by atoms with van der Waals surface area (Å²) in [6, 6.07) is 16.6. The molecule has 0 aliphatic rings. The number of hydrogen-bond donors (Lipinski definition) is 1. The minimum absolute atomic E-state index is 0.00606. The normalized spacial score (nSPS) is 11.4. The van der Waals surface area contributed by atoms with Gasteiger partial charge in [-0.1, -0.05) is 36.4 Å². The molecule has 0 aliphatic carbocycles. The Morgan fingerprint density at radius 2 is 1.88 bits per heavy atom. The van der Waals surface area contributed by atoms with E-state index < -0.39 is 10.0 Å². The van der Waals surface area contributed by atoms with Crippen molar-refractivity contribution in [1.82, 2.24) is 14.9 Å². The van der Waals surface area contributed by atoms with Crippen molar-refractivity contribution in [2.24, 2.45) is 0 Å². The van der Waals surface area contributed by atoms with Gasteiger partial charge in [0.2, 0.25) is 21.8 Å². The van der Waals surface area contributed by atoms with E-state index in [-0.39, 0.29) is 18.2 Å². The van der Waals surface area contributed by atoms with Gasteiger partial charge in [-0.25, -0.2) is 13.1 Å². The number of methoxy groups -OCH3 is 1. The maximum absolute atomic E-state index is 12.1. The van der Waals surface area contributed by atoms with Crippen LogP contribution in [0.2, 0.25) is 0 Å². The van der Waals surface area contributed by atoms with E-state index in [1.54, 1.807) is 13.2 Å². The Balaban J connectivity index is 1.58. The summed E-state index contributed by atoms with van der Waals surface area (Å²) in [7, 11) is -1.87. The quantitative estimate of drug-likeness (QED) is 0.652. The van der Waals surface area contributed by atoms with Gasteiger partial charge in [-0.2, -0.15) is 0 Å². The number of benzene rings is 2. The van der Waals surface area contributed by atoms with Crippen LogP contribution in [0.3, 0.4) is 0 Å². The molecule has 0 saturated heterocycles. The van der Waals surface area contributed by atoms with Crippen molar-refractivity contribution in [2.45, 2.75) is 13.0 Å². The smallest absolute Gasteiger partial charge is 0.247 e. The molecule has 0 atom stereocenters. The zero-order chi connectivity index (χ0) is 18.4. The van der Waals surface area contributed by atoms with Gasteiger partial charge in [-0.15, -0.1) is 10.2 Å². The molecule has 0 aliphatic heterocycles. The second-order valence-corrected chi connectivity index (χ2v) is 7.53. The molecule has 0 bridgehead atoms. The number of nitrogens with one attached hydrogen (secondary N) is 1. The van der Waals surface area contributed by atoms with Crippen LogP contribution in [0, 0.1) is 0 Å². The zero-order valence-electron chi connectivity index (χ0n) is 14.3. The number of aryl methyl sites for hydroxylation is 1. The van der Waals surface area contributed by atoms with E-state index in [1.807, 2.05) is 48.5 Å². The molecule has 0 fully saturated rings. The van der Waals surface area contributed by atoms with Crippen LogP contribution in [0.4, 0.5) is 0 Å². The molecular weight excluding hydrogens is 354 g/mol. The number of nitrogens with zero attached hydrogens (tertiary/aromatic N) is 2. The van der Waals surface area contributed by atoms with Crippen molar-refractivity contribution >= 4 is 10.0 Å². The van der Waals surface area contributed by atoms with Crippen molar-refractivity contribution < 1.29 is 17.6 Å². The monoisotopic (exact) mass is 373 g/mol. The summed E-state index contributed by atoms with van der Waals surface area (Å²) in [5.41, 5.74) is 1.67. The molecule has 1 aromatic heterocycles. The minimum Gasteiger partial charge on any atom is -0.497 e. The lowest BCUT2D eigenvalue weighted by Gasteiger charge is -2.04.